The first-order valence-electron chi connectivity index (χ1n) is 6.23. The number of morpholine rings is 1. The van der Waals surface area contributed by atoms with Crippen molar-refractivity contribution in [2.45, 2.75) is 18.8 Å². The molecule has 21 heavy (non-hydrogen) atoms. The van der Waals surface area contributed by atoms with Gasteiger partial charge in [0.2, 0.25) is 0 Å². The Kier molecular flexibility index (Phi) is 6.44. The van der Waals surface area contributed by atoms with Crippen molar-refractivity contribution in [1.82, 2.24) is 10.6 Å². The smallest absolute Gasteiger partial charge is 0.366 e. The molecule has 0 aliphatic carbocycles. The first-order chi connectivity index (χ1) is 9.47. The maximum absolute atomic E-state index is 12.4. The highest BCUT2D eigenvalue weighted by molar-refractivity contribution is 5.85. The normalized spacial score (nSPS) is 18.7. The Balaban J connectivity index is 0.00000220. The number of amides is 1. The van der Waals surface area contributed by atoms with Gasteiger partial charge in [0.1, 0.15) is 6.10 Å². The molecule has 8 heteroatoms. The number of carbonyl (C=O) groups excluding carboxylic acids is 1. The maximum Gasteiger partial charge on any atom is 0.416 e. The highest BCUT2D eigenvalue weighted by atomic mass is 35.5. The minimum absolute atomic E-state index is 0. The van der Waals surface area contributed by atoms with Crippen LogP contribution in [0.1, 0.15) is 11.1 Å². The van der Waals surface area contributed by atoms with E-state index in [1.165, 1.54) is 12.1 Å². The maximum atomic E-state index is 12.4. The summed E-state index contributed by atoms with van der Waals surface area (Å²) in [6.07, 6.45) is -4.89. The number of hydrogen-bond donors (Lipinski definition) is 2. The largest absolute Gasteiger partial charge is 0.416 e. The second-order valence-electron chi connectivity index (χ2n) is 4.48. The minimum Gasteiger partial charge on any atom is -0.366 e. The molecule has 1 saturated heterocycles. The Hall–Kier alpha value is -1.31. The Morgan fingerprint density at radius 3 is 2.52 bits per heavy atom. The Labute approximate surface area is 126 Å². The van der Waals surface area contributed by atoms with Gasteiger partial charge in [0.15, 0.2) is 0 Å². The lowest BCUT2D eigenvalue weighted by Crippen LogP contribution is -2.47. The van der Waals surface area contributed by atoms with Gasteiger partial charge in [-0.1, -0.05) is 12.1 Å². The Morgan fingerprint density at radius 1 is 1.33 bits per heavy atom. The summed E-state index contributed by atoms with van der Waals surface area (Å²) in [7, 11) is 0. The molecule has 1 heterocycles. The van der Waals surface area contributed by atoms with E-state index >= 15 is 0 Å². The third-order valence-electron chi connectivity index (χ3n) is 2.97. The zero-order valence-electron chi connectivity index (χ0n) is 11.1. The molecule has 1 atom stereocenters. The van der Waals surface area contributed by atoms with E-state index < -0.39 is 17.8 Å². The van der Waals surface area contributed by atoms with Crippen LogP contribution < -0.4 is 10.6 Å². The number of hydrogen-bond acceptors (Lipinski definition) is 3. The van der Waals surface area contributed by atoms with Crippen LogP contribution in [-0.2, 0) is 22.3 Å². The van der Waals surface area contributed by atoms with Gasteiger partial charge in [-0.2, -0.15) is 13.2 Å². The quantitative estimate of drug-likeness (QED) is 0.890. The predicted molar refractivity (Wildman–Crippen MR) is 73.1 cm³/mol. The van der Waals surface area contributed by atoms with Crippen molar-refractivity contribution in [3.8, 4) is 0 Å². The van der Waals surface area contributed by atoms with Crippen LogP contribution in [0, 0.1) is 0 Å². The molecule has 1 aromatic rings. The lowest BCUT2D eigenvalue weighted by atomic mass is 10.1. The van der Waals surface area contributed by atoms with E-state index in [0.29, 0.717) is 25.3 Å². The summed E-state index contributed by atoms with van der Waals surface area (Å²) in [5.74, 6) is -0.267. The summed E-state index contributed by atoms with van der Waals surface area (Å²) < 4.78 is 42.4. The van der Waals surface area contributed by atoms with E-state index in [-0.39, 0.29) is 24.9 Å². The van der Waals surface area contributed by atoms with Gasteiger partial charge in [0.05, 0.1) is 12.2 Å². The topological polar surface area (TPSA) is 50.4 Å². The fourth-order valence-corrected chi connectivity index (χ4v) is 1.85. The average Bonchev–Trinajstić information content (AvgIpc) is 2.45. The fraction of sp³-hybridized carbons (Fsp3) is 0.462. The van der Waals surface area contributed by atoms with Gasteiger partial charge in [-0.05, 0) is 17.7 Å². The second kappa shape index (κ2) is 7.63. The van der Waals surface area contributed by atoms with E-state index in [2.05, 4.69) is 10.6 Å². The van der Waals surface area contributed by atoms with Crippen LogP contribution in [0.3, 0.4) is 0 Å². The molecule has 1 aromatic carbocycles. The van der Waals surface area contributed by atoms with Crippen molar-refractivity contribution in [2.24, 2.45) is 0 Å². The van der Waals surface area contributed by atoms with Crippen molar-refractivity contribution in [1.29, 1.82) is 0 Å². The molecule has 2 rings (SSSR count). The van der Waals surface area contributed by atoms with Crippen molar-refractivity contribution in [3.05, 3.63) is 35.4 Å². The zero-order chi connectivity index (χ0) is 14.6. The first kappa shape index (κ1) is 17.7. The molecule has 2 N–H and O–H groups in total. The standard InChI is InChI=1S/C13H15F3N2O2.ClH/c14-13(15,16)10-3-1-9(2-4-10)7-18-12(19)11-8-17-5-6-20-11;/h1-4,11,17H,5-8H2,(H,18,19);1H. The van der Waals surface area contributed by atoms with Crippen molar-refractivity contribution in [2.75, 3.05) is 19.7 Å². The Morgan fingerprint density at radius 2 is 2.00 bits per heavy atom. The molecule has 0 radical (unpaired) electrons. The van der Waals surface area contributed by atoms with Crippen molar-refractivity contribution >= 4 is 18.3 Å². The van der Waals surface area contributed by atoms with Crippen molar-refractivity contribution < 1.29 is 22.7 Å². The van der Waals surface area contributed by atoms with Crippen LogP contribution in [0.15, 0.2) is 24.3 Å². The summed E-state index contributed by atoms with van der Waals surface area (Å²) in [6, 6.07) is 4.70. The van der Waals surface area contributed by atoms with E-state index in [9.17, 15) is 18.0 Å². The highest BCUT2D eigenvalue weighted by Crippen LogP contribution is 2.28. The predicted octanol–water partition coefficient (Wildman–Crippen LogP) is 1.73. The lowest BCUT2D eigenvalue weighted by Gasteiger charge is -2.22. The molecule has 118 valence electrons. The van der Waals surface area contributed by atoms with Gasteiger partial charge in [-0.3, -0.25) is 4.79 Å². The average molecular weight is 325 g/mol. The molecule has 1 aliphatic rings. The third kappa shape index (κ3) is 5.18. The van der Waals surface area contributed by atoms with E-state index in [1.54, 1.807) is 0 Å². The number of benzene rings is 1. The number of alkyl halides is 3. The second-order valence-corrected chi connectivity index (χ2v) is 4.48. The lowest BCUT2D eigenvalue weighted by molar-refractivity contribution is -0.137. The molecule has 1 aliphatic heterocycles. The van der Waals surface area contributed by atoms with Crippen LogP contribution in [0.25, 0.3) is 0 Å². The number of carbonyl (C=O) groups is 1. The summed E-state index contributed by atoms with van der Waals surface area (Å²) in [4.78, 5) is 11.7. The summed E-state index contributed by atoms with van der Waals surface area (Å²) in [6.45, 7) is 1.80. The van der Waals surface area contributed by atoms with Crippen molar-refractivity contribution in [3.63, 3.8) is 0 Å². The third-order valence-corrected chi connectivity index (χ3v) is 2.97. The molecular formula is C13H16ClF3N2O2. The van der Waals surface area contributed by atoms with Crippen LogP contribution in [0.5, 0.6) is 0 Å². The molecule has 0 spiro atoms. The van der Waals surface area contributed by atoms with Crippen LogP contribution in [0.4, 0.5) is 13.2 Å². The minimum atomic E-state index is -4.34. The van der Waals surface area contributed by atoms with Gasteiger partial charge in [0, 0.05) is 19.6 Å². The van der Waals surface area contributed by atoms with Crippen LogP contribution in [0.2, 0.25) is 0 Å². The molecule has 1 unspecified atom stereocenters. The van der Waals surface area contributed by atoms with E-state index in [1.807, 2.05) is 0 Å². The number of ether oxygens (including phenoxy) is 1. The van der Waals surface area contributed by atoms with E-state index in [0.717, 1.165) is 12.1 Å². The fourth-order valence-electron chi connectivity index (χ4n) is 1.85. The first-order valence-corrected chi connectivity index (χ1v) is 6.23. The molecule has 0 aromatic heterocycles. The summed E-state index contributed by atoms with van der Waals surface area (Å²) in [5.41, 5.74) is -0.0949. The zero-order valence-corrected chi connectivity index (χ0v) is 11.9. The van der Waals surface area contributed by atoms with E-state index in [4.69, 9.17) is 4.74 Å². The number of nitrogens with one attached hydrogen (secondary N) is 2. The molecule has 4 nitrogen and oxygen atoms in total. The number of halogens is 4. The molecule has 0 saturated carbocycles. The Bertz CT molecular complexity index is 459. The van der Waals surface area contributed by atoms with Gasteiger partial charge < -0.3 is 15.4 Å². The van der Waals surface area contributed by atoms with Gasteiger partial charge in [-0.15, -0.1) is 12.4 Å². The molecule has 1 fully saturated rings. The SMILES string of the molecule is Cl.O=C(NCc1ccc(C(F)(F)F)cc1)C1CNCCO1. The number of rotatable bonds is 3. The monoisotopic (exact) mass is 324 g/mol. The van der Waals surface area contributed by atoms with Gasteiger partial charge >= 0.3 is 6.18 Å². The van der Waals surface area contributed by atoms with Crippen LogP contribution >= 0.6 is 12.4 Å². The van der Waals surface area contributed by atoms with Gasteiger partial charge in [0.25, 0.3) is 5.91 Å². The summed E-state index contributed by atoms with van der Waals surface area (Å²) in [5, 5.41) is 5.67. The van der Waals surface area contributed by atoms with Crippen LogP contribution in [-0.4, -0.2) is 31.7 Å². The summed E-state index contributed by atoms with van der Waals surface area (Å²) >= 11 is 0. The van der Waals surface area contributed by atoms with Gasteiger partial charge in [-0.25, -0.2) is 0 Å². The molecule has 1 amide bonds. The highest BCUT2D eigenvalue weighted by Gasteiger charge is 2.30. The molecule has 0 bridgehead atoms. The molecular weight excluding hydrogens is 309 g/mol.